The van der Waals surface area contributed by atoms with Crippen LogP contribution in [-0.2, 0) is 6.54 Å². The number of benzene rings is 1. The van der Waals surface area contributed by atoms with Crippen molar-refractivity contribution < 1.29 is 9.47 Å². The third kappa shape index (κ3) is 2.69. The highest BCUT2D eigenvalue weighted by Crippen LogP contribution is 2.36. The molecule has 1 aromatic carbocycles. The van der Waals surface area contributed by atoms with Crippen molar-refractivity contribution in [3.05, 3.63) is 36.7 Å². The summed E-state index contributed by atoms with van der Waals surface area (Å²) in [6, 6.07) is 7.96. The number of unbranched alkanes of at least 4 members (excludes halogenated alkanes) is 1. The van der Waals surface area contributed by atoms with Crippen LogP contribution in [0.15, 0.2) is 36.7 Å². The van der Waals surface area contributed by atoms with Crippen molar-refractivity contribution in [3.63, 3.8) is 0 Å². The first kappa shape index (κ1) is 15.0. The molecule has 0 saturated heterocycles. The molecule has 0 aliphatic carbocycles. The molecule has 3 aromatic rings. The lowest BCUT2D eigenvalue weighted by molar-refractivity contribution is 0.172. The molecular formula is C18H20N4O2. The number of nitrogens with zero attached hydrogens (tertiary/aromatic N) is 3. The molecular weight excluding hydrogens is 304 g/mol. The summed E-state index contributed by atoms with van der Waals surface area (Å²) in [5.74, 6) is 2.49. The average molecular weight is 324 g/mol. The van der Waals surface area contributed by atoms with Gasteiger partial charge in [-0.2, -0.15) is 0 Å². The number of aryl methyl sites for hydroxylation is 1. The van der Waals surface area contributed by atoms with E-state index in [4.69, 9.17) is 20.2 Å². The first-order chi connectivity index (χ1) is 11.9. The van der Waals surface area contributed by atoms with Crippen LogP contribution in [0.5, 0.6) is 11.5 Å². The number of ether oxygens (including phenoxy) is 2. The minimum Gasteiger partial charge on any atom is -0.486 e. The zero-order valence-corrected chi connectivity index (χ0v) is 13.4. The molecule has 24 heavy (non-hydrogen) atoms. The van der Waals surface area contributed by atoms with Crippen LogP contribution in [-0.4, -0.2) is 34.3 Å². The van der Waals surface area contributed by atoms with Gasteiger partial charge in [-0.05, 0) is 31.5 Å². The van der Waals surface area contributed by atoms with E-state index in [1.807, 2.05) is 24.3 Å². The molecule has 1 aliphatic heterocycles. The van der Waals surface area contributed by atoms with Crippen LogP contribution in [0, 0.1) is 0 Å². The van der Waals surface area contributed by atoms with Crippen LogP contribution in [0.25, 0.3) is 22.4 Å². The average Bonchev–Trinajstić information content (AvgIpc) is 2.98. The van der Waals surface area contributed by atoms with E-state index in [0.29, 0.717) is 19.8 Å². The number of rotatable bonds is 5. The molecule has 0 spiro atoms. The Morgan fingerprint density at radius 2 is 1.79 bits per heavy atom. The Bertz CT molecular complexity index is 845. The number of fused-ring (bicyclic) bond motifs is 2. The fourth-order valence-corrected chi connectivity index (χ4v) is 3.02. The normalized spacial score (nSPS) is 13.4. The van der Waals surface area contributed by atoms with Gasteiger partial charge in [0.25, 0.3) is 0 Å². The van der Waals surface area contributed by atoms with E-state index in [9.17, 15) is 0 Å². The number of hydrogen-bond acceptors (Lipinski definition) is 5. The molecule has 124 valence electrons. The summed E-state index contributed by atoms with van der Waals surface area (Å²) in [5, 5.41) is 0. The van der Waals surface area contributed by atoms with Gasteiger partial charge in [0.15, 0.2) is 11.5 Å². The van der Waals surface area contributed by atoms with Crippen molar-refractivity contribution in [1.29, 1.82) is 0 Å². The molecule has 2 aromatic heterocycles. The second kappa shape index (κ2) is 6.49. The van der Waals surface area contributed by atoms with Crippen LogP contribution >= 0.6 is 0 Å². The molecule has 1 aliphatic rings. The van der Waals surface area contributed by atoms with Gasteiger partial charge in [0.1, 0.15) is 19.0 Å². The minimum atomic E-state index is 0.576. The van der Waals surface area contributed by atoms with Crippen LogP contribution in [0.1, 0.15) is 12.8 Å². The fraction of sp³-hybridized carbons (Fsp3) is 0.333. The van der Waals surface area contributed by atoms with Gasteiger partial charge in [0.2, 0.25) is 0 Å². The Kier molecular flexibility index (Phi) is 4.04. The van der Waals surface area contributed by atoms with Gasteiger partial charge in [0.05, 0.1) is 11.0 Å². The van der Waals surface area contributed by atoms with Crippen molar-refractivity contribution in [1.82, 2.24) is 14.5 Å². The van der Waals surface area contributed by atoms with Gasteiger partial charge < -0.3 is 19.8 Å². The summed E-state index contributed by atoms with van der Waals surface area (Å²) in [5.41, 5.74) is 8.67. The molecule has 0 amide bonds. The predicted octanol–water partition coefficient (Wildman–Crippen LogP) is 2.61. The van der Waals surface area contributed by atoms with Gasteiger partial charge >= 0.3 is 0 Å². The third-order valence-electron chi connectivity index (χ3n) is 4.19. The van der Waals surface area contributed by atoms with Crippen molar-refractivity contribution in [2.45, 2.75) is 19.4 Å². The summed E-state index contributed by atoms with van der Waals surface area (Å²) < 4.78 is 13.6. The van der Waals surface area contributed by atoms with E-state index in [0.717, 1.165) is 53.3 Å². The summed E-state index contributed by atoms with van der Waals surface area (Å²) in [4.78, 5) is 8.94. The molecule has 0 saturated carbocycles. The maximum absolute atomic E-state index is 5.73. The Labute approximate surface area is 140 Å². The smallest absolute Gasteiger partial charge is 0.163 e. The maximum atomic E-state index is 5.73. The van der Waals surface area contributed by atoms with Gasteiger partial charge in [-0.15, -0.1) is 0 Å². The summed E-state index contributed by atoms with van der Waals surface area (Å²) >= 11 is 0. The van der Waals surface area contributed by atoms with E-state index in [2.05, 4.69) is 9.55 Å². The van der Waals surface area contributed by atoms with Crippen molar-refractivity contribution in [2.24, 2.45) is 5.73 Å². The van der Waals surface area contributed by atoms with Crippen molar-refractivity contribution in [3.8, 4) is 22.9 Å². The number of imidazole rings is 1. The van der Waals surface area contributed by atoms with Crippen LogP contribution in [0.2, 0.25) is 0 Å². The topological polar surface area (TPSA) is 75.2 Å². The molecule has 2 N–H and O–H groups in total. The lowest BCUT2D eigenvalue weighted by atomic mass is 10.2. The Balaban J connectivity index is 1.85. The second-order valence-electron chi connectivity index (χ2n) is 5.80. The number of aromatic nitrogens is 3. The molecule has 0 unspecified atom stereocenters. The monoisotopic (exact) mass is 324 g/mol. The SMILES string of the molecule is NCCCCn1c(-c2ccncc2)nc2cc3c(cc21)OCCO3. The van der Waals surface area contributed by atoms with E-state index in [1.165, 1.54) is 0 Å². The first-order valence-electron chi connectivity index (χ1n) is 8.27. The lowest BCUT2D eigenvalue weighted by Crippen LogP contribution is -2.15. The van der Waals surface area contributed by atoms with E-state index < -0.39 is 0 Å². The molecule has 0 radical (unpaired) electrons. The molecule has 4 rings (SSSR count). The molecule has 3 heterocycles. The highest BCUT2D eigenvalue weighted by Gasteiger charge is 2.18. The Morgan fingerprint density at radius 3 is 2.54 bits per heavy atom. The van der Waals surface area contributed by atoms with Crippen molar-refractivity contribution in [2.75, 3.05) is 19.8 Å². The second-order valence-corrected chi connectivity index (χ2v) is 5.80. The lowest BCUT2D eigenvalue weighted by Gasteiger charge is -2.18. The highest BCUT2D eigenvalue weighted by molar-refractivity contribution is 5.84. The van der Waals surface area contributed by atoms with E-state index in [-0.39, 0.29) is 0 Å². The van der Waals surface area contributed by atoms with Crippen LogP contribution in [0.4, 0.5) is 0 Å². The number of pyridine rings is 1. The molecule has 6 heteroatoms. The van der Waals surface area contributed by atoms with Gasteiger partial charge in [-0.1, -0.05) is 0 Å². The van der Waals surface area contributed by atoms with E-state index >= 15 is 0 Å². The van der Waals surface area contributed by atoms with Gasteiger partial charge in [-0.25, -0.2) is 4.98 Å². The van der Waals surface area contributed by atoms with Crippen molar-refractivity contribution >= 4 is 11.0 Å². The quantitative estimate of drug-likeness (QED) is 0.730. The highest BCUT2D eigenvalue weighted by atomic mass is 16.6. The van der Waals surface area contributed by atoms with Gasteiger partial charge in [0, 0.05) is 36.6 Å². The Hall–Kier alpha value is -2.60. The summed E-state index contributed by atoms with van der Waals surface area (Å²) in [6.45, 7) is 2.72. The molecule has 6 nitrogen and oxygen atoms in total. The summed E-state index contributed by atoms with van der Waals surface area (Å²) in [7, 11) is 0. The Morgan fingerprint density at radius 1 is 1.04 bits per heavy atom. The standard InChI is InChI=1S/C18H20N4O2/c19-5-1-2-8-22-15-12-17-16(23-9-10-24-17)11-14(15)21-18(22)13-3-6-20-7-4-13/h3-4,6-7,11-12H,1-2,5,8-10,19H2. The molecule has 0 atom stereocenters. The van der Waals surface area contributed by atoms with E-state index in [1.54, 1.807) is 12.4 Å². The third-order valence-corrected chi connectivity index (χ3v) is 4.19. The number of nitrogens with two attached hydrogens (primary N) is 1. The molecule has 0 fully saturated rings. The van der Waals surface area contributed by atoms with Crippen LogP contribution < -0.4 is 15.2 Å². The predicted molar refractivity (Wildman–Crippen MR) is 92.2 cm³/mol. The maximum Gasteiger partial charge on any atom is 0.163 e. The van der Waals surface area contributed by atoms with Crippen LogP contribution in [0.3, 0.4) is 0 Å². The zero-order valence-electron chi connectivity index (χ0n) is 13.4. The minimum absolute atomic E-state index is 0.576. The first-order valence-corrected chi connectivity index (χ1v) is 8.27. The largest absolute Gasteiger partial charge is 0.486 e. The molecule has 0 bridgehead atoms. The van der Waals surface area contributed by atoms with Gasteiger partial charge in [-0.3, -0.25) is 4.98 Å². The number of hydrogen-bond donors (Lipinski definition) is 1. The fourth-order valence-electron chi connectivity index (χ4n) is 3.02. The summed E-state index contributed by atoms with van der Waals surface area (Å²) in [6.07, 6.45) is 5.57. The zero-order chi connectivity index (χ0) is 16.4.